The van der Waals surface area contributed by atoms with Crippen molar-refractivity contribution in [1.82, 2.24) is 20.5 Å². The Morgan fingerprint density at radius 2 is 2.15 bits per heavy atom. The van der Waals surface area contributed by atoms with Gasteiger partial charge in [-0.25, -0.2) is 9.37 Å². The van der Waals surface area contributed by atoms with E-state index in [9.17, 15) is 9.18 Å². The highest BCUT2D eigenvalue weighted by Gasteiger charge is 2.30. The maximum atomic E-state index is 13.2. The molecule has 0 aliphatic heterocycles. The van der Waals surface area contributed by atoms with E-state index in [-0.39, 0.29) is 17.8 Å². The topological polar surface area (TPSA) is 70.7 Å². The molecule has 0 saturated heterocycles. The number of halogens is 1. The van der Waals surface area contributed by atoms with Gasteiger partial charge in [0.25, 0.3) is 0 Å². The predicted octanol–water partition coefficient (Wildman–Crippen LogP) is 3.71. The molecule has 1 fully saturated rings. The molecule has 2 heterocycles. The van der Waals surface area contributed by atoms with Crippen LogP contribution in [-0.4, -0.2) is 27.1 Å². The number of H-pyrrole nitrogens is 1. The van der Waals surface area contributed by atoms with E-state index in [1.54, 1.807) is 23.5 Å². The Hall–Kier alpha value is -2.19. The Bertz CT molecular complexity index is 875. The third-order valence-corrected chi connectivity index (χ3v) is 5.98. The lowest BCUT2D eigenvalue weighted by molar-refractivity contribution is -0.120. The molecule has 2 aromatic heterocycles. The minimum Gasteiger partial charge on any atom is -0.352 e. The maximum absolute atomic E-state index is 13.2. The number of carbonyl (C=O) groups is 1. The molecule has 1 amide bonds. The summed E-state index contributed by atoms with van der Waals surface area (Å²) in [4.78, 5) is 18.3. The average molecular weight is 388 g/mol. The van der Waals surface area contributed by atoms with Crippen molar-refractivity contribution in [2.75, 3.05) is 0 Å². The lowest BCUT2D eigenvalue weighted by Crippen LogP contribution is -2.29. The first-order valence-electron chi connectivity index (χ1n) is 8.33. The molecule has 5 nitrogen and oxygen atoms in total. The van der Waals surface area contributed by atoms with E-state index in [0.29, 0.717) is 11.6 Å². The van der Waals surface area contributed by atoms with Gasteiger partial charge in [0.1, 0.15) is 16.9 Å². The zero-order valence-corrected chi connectivity index (χ0v) is 15.4. The number of amides is 1. The lowest BCUT2D eigenvalue weighted by atomic mass is 10.1. The van der Waals surface area contributed by atoms with Crippen molar-refractivity contribution in [2.24, 2.45) is 0 Å². The predicted molar refractivity (Wildman–Crippen MR) is 99.7 cm³/mol. The van der Waals surface area contributed by atoms with Crippen LogP contribution in [0.5, 0.6) is 0 Å². The summed E-state index contributed by atoms with van der Waals surface area (Å²) in [5.41, 5.74) is 0.735. The summed E-state index contributed by atoms with van der Waals surface area (Å²) < 4.78 is 13.2. The molecule has 134 valence electrons. The molecule has 3 aromatic rings. The highest BCUT2D eigenvalue weighted by atomic mass is 32.2. The van der Waals surface area contributed by atoms with E-state index < -0.39 is 5.25 Å². The standard InChI is InChI=1S/C18H17FN4OS2/c19-12-5-3-11(4-6-12)16(17(24)20-13-7-8-13)26-18-21-15(22-23-18)10-14-2-1-9-25-14/h1-6,9,13,16H,7-8,10H2,(H,20,24)(H,21,22,23). The minimum absolute atomic E-state index is 0.0892. The zero-order chi connectivity index (χ0) is 17.9. The van der Waals surface area contributed by atoms with Crippen molar-refractivity contribution in [3.8, 4) is 0 Å². The summed E-state index contributed by atoms with van der Waals surface area (Å²) in [6, 6.07) is 10.3. The summed E-state index contributed by atoms with van der Waals surface area (Å²) in [6.45, 7) is 0. The van der Waals surface area contributed by atoms with Crippen molar-refractivity contribution in [3.63, 3.8) is 0 Å². The molecule has 0 radical (unpaired) electrons. The van der Waals surface area contributed by atoms with Gasteiger partial charge >= 0.3 is 0 Å². The van der Waals surface area contributed by atoms with Gasteiger partial charge in [-0.05, 0) is 42.0 Å². The maximum Gasteiger partial charge on any atom is 0.238 e. The second kappa shape index (κ2) is 7.59. The molecule has 1 atom stereocenters. The van der Waals surface area contributed by atoms with Gasteiger partial charge in [0.05, 0.1) is 0 Å². The molecule has 1 saturated carbocycles. The van der Waals surface area contributed by atoms with Crippen LogP contribution in [0.15, 0.2) is 46.9 Å². The molecular weight excluding hydrogens is 371 g/mol. The van der Waals surface area contributed by atoms with Crippen molar-refractivity contribution >= 4 is 29.0 Å². The van der Waals surface area contributed by atoms with Gasteiger partial charge < -0.3 is 5.32 Å². The number of thioether (sulfide) groups is 1. The Morgan fingerprint density at radius 1 is 1.35 bits per heavy atom. The largest absolute Gasteiger partial charge is 0.352 e. The van der Waals surface area contributed by atoms with E-state index in [1.165, 1.54) is 28.8 Å². The summed E-state index contributed by atoms with van der Waals surface area (Å²) in [6.07, 6.45) is 2.71. The number of hydrogen-bond donors (Lipinski definition) is 2. The van der Waals surface area contributed by atoms with Crippen molar-refractivity contribution in [3.05, 3.63) is 63.9 Å². The highest BCUT2D eigenvalue weighted by molar-refractivity contribution is 8.00. The molecule has 1 unspecified atom stereocenters. The smallest absolute Gasteiger partial charge is 0.238 e. The number of rotatable bonds is 7. The Labute approximate surface area is 158 Å². The second-order valence-corrected chi connectivity index (χ2v) is 8.26. The fourth-order valence-electron chi connectivity index (χ4n) is 2.51. The van der Waals surface area contributed by atoms with Crippen molar-refractivity contribution in [2.45, 2.75) is 35.7 Å². The number of benzene rings is 1. The van der Waals surface area contributed by atoms with Gasteiger partial charge in [-0.2, -0.15) is 0 Å². The third-order valence-electron chi connectivity index (χ3n) is 3.99. The molecule has 0 bridgehead atoms. The number of hydrogen-bond acceptors (Lipinski definition) is 5. The van der Waals surface area contributed by atoms with Crippen LogP contribution < -0.4 is 5.32 Å². The van der Waals surface area contributed by atoms with Crippen LogP contribution in [0.3, 0.4) is 0 Å². The molecule has 4 rings (SSSR count). The molecule has 0 spiro atoms. The highest BCUT2D eigenvalue weighted by Crippen LogP contribution is 2.35. The fourth-order valence-corrected chi connectivity index (χ4v) is 4.16. The number of nitrogens with one attached hydrogen (secondary N) is 2. The first-order valence-corrected chi connectivity index (χ1v) is 10.1. The molecule has 1 aliphatic carbocycles. The SMILES string of the molecule is O=C(NC1CC1)C(Sc1n[nH]c(Cc2cccs2)n1)c1ccc(F)cc1. The van der Waals surface area contributed by atoms with Crippen LogP contribution >= 0.6 is 23.1 Å². The summed E-state index contributed by atoms with van der Waals surface area (Å²) in [5, 5.41) is 12.2. The van der Waals surface area contributed by atoms with E-state index in [2.05, 4.69) is 20.5 Å². The van der Waals surface area contributed by atoms with Crippen molar-refractivity contribution in [1.29, 1.82) is 0 Å². The number of aromatic nitrogens is 3. The molecule has 8 heteroatoms. The molecular formula is C18H17FN4OS2. The van der Waals surface area contributed by atoms with Crippen LogP contribution in [0.2, 0.25) is 0 Å². The normalized spacial score (nSPS) is 15.0. The van der Waals surface area contributed by atoms with Crippen LogP contribution in [0.4, 0.5) is 4.39 Å². The average Bonchev–Trinajstić information content (AvgIpc) is 3.11. The van der Waals surface area contributed by atoms with Gasteiger partial charge in [-0.15, -0.1) is 16.4 Å². The first kappa shape index (κ1) is 17.2. The van der Waals surface area contributed by atoms with Crippen LogP contribution in [-0.2, 0) is 11.2 Å². The second-order valence-electron chi connectivity index (χ2n) is 6.15. The number of nitrogens with zero attached hydrogens (tertiary/aromatic N) is 2. The fraction of sp³-hybridized carbons (Fsp3) is 0.278. The molecule has 26 heavy (non-hydrogen) atoms. The number of thiophene rings is 1. The summed E-state index contributed by atoms with van der Waals surface area (Å²) >= 11 is 2.94. The van der Waals surface area contributed by atoms with Gasteiger partial charge in [0.2, 0.25) is 11.1 Å². The molecule has 1 aromatic carbocycles. The van der Waals surface area contributed by atoms with E-state index in [0.717, 1.165) is 24.2 Å². The van der Waals surface area contributed by atoms with Crippen molar-refractivity contribution < 1.29 is 9.18 Å². The monoisotopic (exact) mass is 388 g/mol. The van der Waals surface area contributed by atoms with E-state index in [4.69, 9.17) is 0 Å². The van der Waals surface area contributed by atoms with Crippen LogP contribution in [0.1, 0.15) is 34.4 Å². The van der Waals surface area contributed by atoms with Crippen LogP contribution in [0.25, 0.3) is 0 Å². The van der Waals surface area contributed by atoms with Gasteiger partial charge in [0, 0.05) is 17.3 Å². The summed E-state index contributed by atoms with van der Waals surface area (Å²) in [7, 11) is 0. The van der Waals surface area contributed by atoms with Gasteiger partial charge in [-0.1, -0.05) is 30.0 Å². The van der Waals surface area contributed by atoms with Gasteiger partial charge in [0.15, 0.2) is 0 Å². The Kier molecular flexibility index (Phi) is 5.03. The Balaban J connectivity index is 1.51. The quantitative estimate of drug-likeness (QED) is 0.606. The molecule has 1 aliphatic rings. The van der Waals surface area contributed by atoms with E-state index >= 15 is 0 Å². The summed E-state index contributed by atoms with van der Waals surface area (Å²) in [5.74, 6) is 0.348. The lowest BCUT2D eigenvalue weighted by Gasteiger charge is -2.15. The minimum atomic E-state index is -0.512. The first-order chi connectivity index (χ1) is 12.7. The van der Waals surface area contributed by atoms with E-state index in [1.807, 2.05) is 17.5 Å². The number of carbonyl (C=O) groups excluding carboxylic acids is 1. The zero-order valence-electron chi connectivity index (χ0n) is 13.8. The molecule has 2 N–H and O–H groups in total. The number of aromatic amines is 1. The Morgan fingerprint density at radius 3 is 2.85 bits per heavy atom. The third kappa shape index (κ3) is 4.31. The van der Waals surface area contributed by atoms with Crippen LogP contribution in [0, 0.1) is 5.82 Å². The van der Waals surface area contributed by atoms with Gasteiger partial charge in [-0.3, -0.25) is 9.89 Å².